The highest BCUT2D eigenvalue weighted by Gasteiger charge is 2.03. The zero-order valence-corrected chi connectivity index (χ0v) is 13.7. The molecular weight excluding hydrogens is 391 g/mol. The molecule has 0 aliphatic rings. The number of halogens is 3. The van der Waals surface area contributed by atoms with E-state index in [2.05, 4.69) is 43.2 Å². The van der Waals surface area contributed by atoms with Gasteiger partial charge in [0.2, 0.25) is 0 Å². The molecule has 0 amide bonds. The van der Waals surface area contributed by atoms with Crippen LogP contribution in [0.3, 0.4) is 0 Å². The third-order valence-electron chi connectivity index (χ3n) is 2.57. The van der Waals surface area contributed by atoms with Crippen LogP contribution in [0.15, 0.2) is 45.3 Å². The molecule has 2 nitrogen and oxygen atoms in total. The first-order valence-electron chi connectivity index (χ1n) is 5.47. The lowest BCUT2D eigenvalue weighted by atomic mass is 10.1. The molecule has 0 fully saturated rings. The monoisotopic (exact) mass is 398 g/mol. The Kier molecular flexibility index (Phi) is 4.87. The summed E-state index contributed by atoms with van der Waals surface area (Å²) in [6.07, 6.45) is 0. The van der Waals surface area contributed by atoms with Crippen LogP contribution < -0.4 is 5.32 Å². The quantitative estimate of drug-likeness (QED) is 0.754. The van der Waals surface area contributed by atoms with Crippen LogP contribution in [0.5, 0.6) is 0 Å². The SMILES string of the molecule is N#Cc1cc(Br)ccc1NCc1ccc(Br)c(Cl)c1. The van der Waals surface area contributed by atoms with Crippen LogP contribution in [-0.4, -0.2) is 0 Å². The van der Waals surface area contributed by atoms with Gasteiger partial charge >= 0.3 is 0 Å². The van der Waals surface area contributed by atoms with Crippen molar-refractivity contribution in [2.75, 3.05) is 5.32 Å². The zero-order valence-electron chi connectivity index (χ0n) is 9.75. The fourth-order valence-corrected chi connectivity index (χ4v) is 2.42. The Morgan fingerprint density at radius 1 is 1.16 bits per heavy atom. The lowest BCUT2D eigenvalue weighted by molar-refractivity contribution is 1.14. The molecule has 2 aromatic rings. The van der Waals surface area contributed by atoms with Gasteiger partial charge in [-0.25, -0.2) is 0 Å². The summed E-state index contributed by atoms with van der Waals surface area (Å²) in [6, 6.07) is 13.5. The zero-order chi connectivity index (χ0) is 13.8. The third-order valence-corrected chi connectivity index (χ3v) is 4.29. The van der Waals surface area contributed by atoms with Gasteiger partial charge in [-0.05, 0) is 51.8 Å². The van der Waals surface area contributed by atoms with E-state index in [4.69, 9.17) is 16.9 Å². The topological polar surface area (TPSA) is 35.8 Å². The van der Waals surface area contributed by atoms with Gasteiger partial charge in [0.25, 0.3) is 0 Å². The summed E-state index contributed by atoms with van der Waals surface area (Å²) in [4.78, 5) is 0. The molecule has 0 aromatic heterocycles. The first-order valence-corrected chi connectivity index (χ1v) is 7.44. The fraction of sp³-hybridized carbons (Fsp3) is 0.0714. The molecule has 0 saturated heterocycles. The van der Waals surface area contributed by atoms with E-state index in [0.29, 0.717) is 17.1 Å². The second-order valence-corrected chi connectivity index (χ2v) is 6.08. The molecule has 0 heterocycles. The van der Waals surface area contributed by atoms with Crippen molar-refractivity contribution in [3.05, 3.63) is 61.5 Å². The predicted molar refractivity (Wildman–Crippen MR) is 85.3 cm³/mol. The highest BCUT2D eigenvalue weighted by molar-refractivity contribution is 9.10. The van der Waals surface area contributed by atoms with Gasteiger partial charge in [0.05, 0.1) is 16.3 Å². The summed E-state index contributed by atoms with van der Waals surface area (Å²) in [7, 11) is 0. The second-order valence-electron chi connectivity index (χ2n) is 3.90. The normalized spacial score (nSPS) is 10.0. The van der Waals surface area contributed by atoms with Crippen LogP contribution in [0.1, 0.15) is 11.1 Å². The van der Waals surface area contributed by atoms with Crippen molar-refractivity contribution in [2.45, 2.75) is 6.54 Å². The van der Waals surface area contributed by atoms with E-state index in [1.807, 2.05) is 30.3 Å². The highest BCUT2D eigenvalue weighted by atomic mass is 79.9. The predicted octanol–water partition coefficient (Wildman–Crippen LogP) is 5.35. The van der Waals surface area contributed by atoms with Gasteiger partial charge in [-0.2, -0.15) is 5.26 Å². The maximum absolute atomic E-state index is 9.08. The maximum Gasteiger partial charge on any atom is 0.101 e. The van der Waals surface area contributed by atoms with Crippen molar-refractivity contribution >= 4 is 49.1 Å². The van der Waals surface area contributed by atoms with E-state index in [-0.39, 0.29) is 0 Å². The summed E-state index contributed by atoms with van der Waals surface area (Å²) in [6.45, 7) is 0.614. The first-order chi connectivity index (χ1) is 9.10. The Morgan fingerprint density at radius 2 is 1.95 bits per heavy atom. The molecule has 0 aliphatic heterocycles. The summed E-state index contributed by atoms with van der Waals surface area (Å²) in [5.74, 6) is 0. The molecule has 2 rings (SSSR count). The smallest absolute Gasteiger partial charge is 0.101 e. The first kappa shape index (κ1) is 14.4. The van der Waals surface area contributed by atoms with Gasteiger partial charge in [-0.15, -0.1) is 0 Å². The van der Waals surface area contributed by atoms with Crippen molar-refractivity contribution in [1.82, 2.24) is 0 Å². The lowest BCUT2D eigenvalue weighted by Gasteiger charge is -2.09. The van der Waals surface area contributed by atoms with Crippen molar-refractivity contribution in [3.8, 4) is 6.07 Å². The minimum atomic E-state index is 0.609. The number of nitrogens with one attached hydrogen (secondary N) is 1. The van der Waals surface area contributed by atoms with Gasteiger partial charge in [-0.1, -0.05) is 33.6 Å². The van der Waals surface area contributed by atoms with E-state index in [0.717, 1.165) is 20.2 Å². The van der Waals surface area contributed by atoms with Crippen LogP contribution in [0.25, 0.3) is 0 Å². The molecule has 5 heteroatoms. The summed E-state index contributed by atoms with van der Waals surface area (Å²) >= 11 is 12.7. The van der Waals surface area contributed by atoms with Crippen LogP contribution in [0, 0.1) is 11.3 Å². The number of benzene rings is 2. The molecular formula is C14H9Br2ClN2. The van der Waals surface area contributed by atoms with Gasteiger partial charge in [-0.3, -0.25) is 0 Å². The van der Waals surface area contributed by atoms with Gasteiger partial charge in [0.1, 0.15) is 6.07 Å². The Balaban J connectivity index is 2.14. The number of anilines is 1. The minimum Gasteiger partial charge on any atom is -0.380 e. The van der Waals surface area contributed by atoms with Crippen molar-refractivity contribution in [2.24, 2.45) is 0 Å². The molecule has 2 aromatic carbocycles. The number of hydrogen-bond acceptors (Lipinski definition) is 2. The molecule has 0 spiro atoms. The van der Waals surface area contributed by atoms with Crippen LogP contribution in [0.4, 0.5) is 5.69 Å². The fourth-order valence-electron chi connectivity index (χ4n) is 1.61. The van der Waals surface area contributed by atoms with Gasteiger partial charge in [0, 0.05) is 15.5 Å². The molecule has 96 valence electrons. The third kappa shape index (κ3) is 3.73. The van der Waals surface area contributed by atoms with Crippen molar-refractivity contribution in [1.29, 1.82) is 5.26 Å². The summed E-state index contributed by atoms with van der Waals surface area (Å²) < 4.78 is 1.76. The number of hydrogen-bond donors (Lipinski definition) is 1. The Labute approximate surface area is 133 Å². The van der Waals surface area contributed by atoms with Crippen molar-refractivity contribution < 1.29 is 0 Å². The number of rotatable bonds is 3. The number of nitriles is 1. The summed E-state index contributed by atoms with van der Waals surface area (Å²) in [5, 5.41) is 13.0. The molecule has 0 radical (unpaired) electrons. The second kappa shape index (κ2) is 6.42. The molecule has 0 atom stereocenters. The molecule has 0 bridgehead atoms. The van der Waals surface area contributed by atoms with Crippen molar-refractivity contribution in [3.63, 3.8) is 0 Å². The average molecular weight is 401 g/mol. The Bertz CT molecular complexity index is 650. The van der Waals surface area contributed by atoms with Gasteiger partial charge < -0.3 is 5.32 Å². The largest absolute Gasteiger partial charge is 0.380 e. The molecule has 0 aliphatic carbocycles. The average Bonchev–Trinajstić information content (AvgIpc) is 2.41. The standard InChI is InChI=1S/C14H9Br2ClN2/c15-11-2-4-14(10(6-11)7-18)19-8-9-1-3-12(16)13(17)5-9/h1-6,19H,8H2. The van der Waals surface area contributed by atoms with Crippen LogP contribution >= 0.6 is 43.5 Å². The van der Waals surface area contributed by atoms with E-state index in [1.165, 1.54) is 0 Å². The molecule has 0 saturated carbocycles. The van der Waals surface area contributed by atoms with Crippen LogP contribution in [0.2, 0.25) is 5.02 Å². The van der Waals surface area contributed by atoms with E-state index >= 15 is 0 Å². The highest BCUT2D eigenvalue weighted by Crippen LogP contribution is 2.24. The van der Waals surface area contributed by atoms with E-state index < -0.39 is 0 Å². The Hall–Kier alpha value is -1.02. The summed E-state index contributed by atoms with van der Waals surface area (Å²) in [5.41, 5.74) is 2.47. The minimum absolute atomic E-state index is 0.609. The Morgan fingerprint density at radius 3 is 2.63 bits per heavy atom. The van der Waals surface area contributed by atoms with Gasteiger partial charge in [0.15, 0.2) is 0 Å². The molecule has 1 N–H and O–H groups in total. The van der Waals surface area contributed by atoms with Crippen LogP contribution in [-0.2, 0) is 6.54 Å². The lowest BCUT2D eigenvalue weighted by Crippen LogP contribution is -2.01. The molecule has 0 unspecified atom stereocenters. The number of nitrogens with zero attached hydrogens (tertiary/aromatic N) is 1. The maximum atomic E-state index is 9.08. The van der Waals surface area contributed by atoms with E-state index in [9.17, 15) is 0 Å². The molecule has 19 heavy (non-hydrogen) atoms. The van der Waals surface area contributed by atoms with E-state index in [1.54, 1.807) is 6.07 Å².